The number of nitrogens with one attached hydrogen (secondary N) is 1. The van der Waals surface area contributed by atoms with Gasteiger partial charge in [-0.3, -0.25) is 4.79 Å². The van der Waals surface area contributed by atoms with E-state index in [-0.39, 0.29) is 5.91 Å². The number of ether oxygens (including phenoxy) is 1. The number of nitriles is 1. The van der Waals surface area contributed by atoms with Crippen molar-refractivity contribution in [3.63, 3.8) is 0 Å². The van der Waals surface area contributed by atoms with E-state index >= 15 is 0 Å². The molecule has 6 heteroatoms. The van der Waals surface area contributed by atoms with Crippen molar-refractivity contribution in [1.29, 1.82) is 5.26 Å². The highest BCUT2D eigenvalue weighted by Crippen LogP contribution is 2.36. The van der Waals surface area contributed by atoms with Crippen molar-refractivity contribution < 1.29 is 9.53 Å². The van der Waals surface area contributed by atoms with Gasteiger partial charge in [-0.25, -0.2) is 0 Å². The first-order valence-electron chi connectivity index (χ1n) is 9.06. The van der Waals surface area contributed by atoms with Crippen LogP contribution in [0.15, 0.2) is 64.9 Å². The fourth-order valence-corrected chi connectivity index (χ4v) is 4.02. The number of nitrogens with zero attached hydrogens (tertiary/aromatic N) is 1. The largest absolute Gasteiger partial charge is 0.381 e. The van der Waals surface area contributed by atoms with Crippen LogP contribution in [0.3, 0.4) is 0 Å². The Hall–Kier alpha value is -2.26. The second-order valence-electron chi connectivity index (χ2n) is 6.58. The molecule has 3 rings (SSSR count). The zero-order valence-electron chi connectivity index (χ0n) is 15.4. The normalized spacial score (nSPS) is 15.9. The summed E-state index contributed by atoms with van der Waals surface area (Å²) in [5.41, 5.74) is 1.42. The van der Waals surface area contributed by atoms with Crippen molar-refractivity contribution in [2.75, 3.05) is 13.2 Å². The quantitative estimate of drug-likeness (QED) is 0.545. The number of amides is 1. The summed E-state index contributed by atoms with van der Waals surface area (Å²) in [7, 11) is 0. The smallest absolute Gasteiger partial charge is 0.231 e. The van der Waals surface area contributed by atoms with Crippen molar-refractivity contribution in [2.24, 2.45) is 0 Å². The molecule has 2 aromatic rings. The first-order valence-corrected chi connectivity index (χ1v) is 10.3. The Balaban J connectivity index is 1.75. The zero-order valence-corrected chi connectivity index (χ0v) is 16.9. The Morgan fingerprint density at radius 3 is 2.50 bits per heavy atom. The van der Waals surface area contributed by atoms with Crippen LogP contribution in [-0.2, 0) is 21.5 Å². The molecule has 2 aromatic carbocycles. The number of benzene rings is 2. The lowest BCUT2D eigenvalue weighted by Gasteiger charge is -2.36. The minimum Gasteiger partial charge on any atom is -0.381 e. The number of carbonyl (C=O) groups is 1. The molecule has 1 fully saturated rings. The number of allylic oxidation sites excluding steroid dienone is 1. The topological polar surface area (TPSA) is 62.1 Å². The van der Waals surface area contributed by atoms with Crippen LogP contribution < -0.4 is 5.32 Å². The van der Waals surface area contributed by atoms with Gasteiger partial charge in [-0.05, 0) is 53.6 Å². The summed E-state index contributed by atoms with van der Waals surface area (Å²) in [5.74, 6) is 0.0236. The number of hydrogen-bond acceptors (Lipinski definition) is 4. The highest BCUT2D eigenvalue weighted by atomic mass is 35.5. The van der Waals surface area contributed by atoms with E-state index in [9.17, 15) is 4.79 Å². The van der Waals surface area contributed by atoms with Gasteiger partial charge in [-0.15, -0.1) is 0 Å². The Bertz CT molecular complexity index is 867. The summed E-state index contributed by atoms with van der Waals surface area (Å²) >= 11 is 7.41. The molecule has 0 aliphatic carbocycles. The third-order valence-corrected chi connectivity index (χ3v) is 5.97. The number of halogens is 1. The minimum absolute atomic E-state index is 0.0236. The van der Waals surface area contributed by atoms with E-state index in [2.05, 4.69) is 5.32 Å². The molecular formula is C22H21ClN2O2S. The maximum Gasteiger partial charge on any atom is 0.231 e. The average molecular weight is 413 g/mol. The van der Waals surface area contributed by atoms with Gasteiger partial charge < -0.3 is 10.1 Å². The van der Waals surface area contributed by atoms with E-state index in [0.717, 1.165) is 16.0 Å². The van der Waals surface area contributed by atoms with E-state index in [0.29, 0.717) is 37.6 Å². The first-order chi connectivity index (χ1) is 13.6. The van der Waals surface area contributed by atoms with E-state index in [1.165, 1.54) is 17.8 Å². The summed E-state index contributed by atoms with van der Waals surface area (Å²) in [5, 5.41) is 14.1. The number of thioether (sulfide) groups is 1. The molecule has 4 nitrogen and oxygen atoms in total. The summed E-state index contributed by atoms with van der Waals surface area (Å²) < 4.78 is 5.52. The molecule has 1 heterocycles. The molecule has 28 heavy (non-hydrogen) atoms. The minimum atomic E-state index is -0.587. The van der Waals surface area contributed by atoms with Gasteiger partial charge in [0.15, 0.2) is 0 Å². The summed E-state index contributed by atoms with van der Waals surface area (Å²) in [6.45, 7) is 1.59. The van der Waals surface area contributed by atoms with E-state index in [1.807, 2.05) is 54.6 Å². The first kappa shape index (κ1) is 20.5. The lowest BCUT2D eigenvalue weighted by molar-refractivity contribution is -0.130. The van der Waals surface area contributed by atoms with Crippen molar-refractivity contribution in [3.05, 3.63) is 76.2 Å². The maximum atomic E-state index is 13.2. The molecule has 1 amide bonds. The third kappa shape index (κ3) is 4.96. The molecule has 1 N–H and O–H groups in total. The number of hydrogen-bond donors (Lipinski definition) is 1. The van der Waals surface area contributed by atoms with Crippen molar-refractivity contribution >= 4 is 29.3 Å². The SMILES string of the molecule is N#C/C=C/Sc1ccc(C2(C(=O)NCc3ccc(Cl)cc3)CCOCC2)cc1. The molecule has 0 spiro atoms. The standard InChI is InChI=1S/C22H21ClN2O2S/c23-19-6-2-17(3-7-19)16-25-21(26)22(10-13-27-14-11-22)18-4-8-20(9-5-18)28-15-1-12-24/h1-9,15H,10-11,13-14,16H2,(H,25,26)/b15-1+. The zero-order chi connectivity index (χ0) is 19.8. The van der Waals surface area contributed by atoms with Gasteiger partial charge in [0.25, 0.3) is 0 Å². The van der Waals surface area contributed by atoms with Crippen molar-refractivity contribution in [2.45, 2.75) is 29.7 Å². The Labute approximate surface area is 174 Å². The van der Waals surface area contributed by atoms with Crippen LogP contribution in [0.2, 0.25) is 5.02 Å². The molecule has 1 saturated heterocycles. The van der Waals surface area contributed by atoms with Gasteiger partial charge >= 0.3 is 0 Å². The van der Waals surface area contributed by atoms with Crippen LogP contribution in [0, 0.1) is 11.3 Å². The Kier molecular flexibility index (Phi) is 7.16. The van der Waals surface area contributed by atoms with Crippen LogP contribution in [-0.4, -0.2) is 19.1 Å². The van der Waals surface area contributed by atoms with Crippen LogP contribution in [0.1, 0.15) is 24.0 Å². The van der Waals surface area contributed by atoms with E-state index in [1.54, 1.807) is 5.41 Å². The lowest BCUT2D eigenvalue weighted by atomic mass is 9.73. The van der Waals surface area contributed by atoms with E-state index < -0.39 is 5.41 Å². The van der Waals surface area contributed by atoms with Gasteiger partial charge in [0.05, 0.1) is 11.5 Å². The summed E-state index contributed by atoms with van der Waals surface area (Å²) in [6, 6.07) is 17.5. The van der Waals surface area contributed by atoms with Gasteiger partial charge in [-0.1, -0.05) is 47.6 Å². The van der Waals surface area contributed by atoms with Crippen LogP contribution in [0.4, 0.5) is 0 Å². The van der Waals surface area contributed by atoms with Gasteiger partial charge in [0.1, 0.15) is 0 Å². The fraction of sp³-hybridized carbons (Fsp3) is 0.273. The predicted molar refractivity (Wildman–Crippen MR) is 112 cm³/mol. The van der Waals surface area contributed by atoms with Crippen molar-refractivity contribution in [3.8, 4) is 6.07 Å². The van der Waals surface area contributed by atoms with E-state index in [4.69, 9.17) is 21.6 Å². The predicted octanol–water partition coefficient (Wildman–Crippen LogP) is 4.83. The van der Waals surface area contributed by atoms with Crippen molar-refractivity contribution in [1.82, 2.24) is 5.32 Å². The number of rotatable bonds is 6. The Morgan fingerprint density at radius 1 is 1.18 bits per heavy atom. The highest BCUT2D eigenvalue weighted by molar-refractivity contribution is 8.02. The molecule has 0 radical (unpaired) electrons. The van der Waals surface area contributed by atoms with Crippen LogP contribution in [0.5, 0.6) is 0 Å². The average Bonchev–Trinajstić information content (AvgIpc) is 2.74. The highest BCUT2D eigenvalue weighted by Gasteiger charge is 2.41. The molecular weight excluding hydrogens is 392 g/mol. The Morgan fingerprint density at radius 2 is 1.86 bits per heavy atom. The monoisotopic (exact) mass is 412 g/mol. The molecule has 0 aromatic heterocycles. The third-order valence-electron chi connectivity index (χ3n) is 4.90. The van der Waals surface area contributed by atoms with Crippen LogP contribution >= 0.6 is 23.4 Å². The lowest BCUT2D eigenvalue weighted by Crippen LogP contribution is -2.47. The molecule has 144 valence electrons. The maximum absolute atomic E-state index is 13.2. The number of carbonyl (C=O) groups excluding carboxylic acids is 1. The molecule has 0 saturated carbocycles. The molecule has 0 unspecified atom stereocenters. The second kappa shape index (κ2) is 9.79. The molecule has 0 bridgehead atoms. The molecule has 1 aliphatic rings. The summed E-state index contributed by atoms with van der Waals surface area (Å²) in [6.07, 6.45) is 2.75. The van der Waals surface area contributed by atoms with Gasteiger partial charge in [-0.2, -0.15) is 5.26 Å². The molecule has 1 aliphatic heterocycles. The fourth-order valence-electron chi connectivity index (χ4n) is 3.32. The summed E-state index contributed by atoms with van der Waals surface area (Å²) in [4.78, 5) is 14.2. The molecule has 0 atom stereocenters. The second-order valence-corrected chi connectivity index (χ2v) is 7.99. The van der Waals surface area contributed by atoms with Crippen LogP contribution in [0.25, 0.3) is 0 Å². The van der Waals surface area contributed by atoms with Gasteiger partial charge in [0, 0.05) is 35.8 Å². The van der Waals surface area contributed by atoms with Gasteiger partial charge in [0.2, 0.25) is 5.91 Å².